The minimum Gasteiger partial charge on any atom is -0.480 e. The highest BCUT2D eigenvalue weighted by atomic mass is 79.9. The number of carboxylic acids is 1. The van der Waals surface area contributed by atoms with Crippen LogP contribution in [0.25, 0.3) is 0 Å². The van der Waals surface area contributed by atoms with Crippen LogP contribution in [0.5, 0.6) is 0 Å². The van der Waals surface area contributed by atoms with Crippen molar-refractivity contribution in [1.82, 2.24) is 4.72 Å². The minimum absolute atomic E-state index is 0.519. The molecule has 2 atom stereocenters. The lowest BCUT2D eigenvalue weighted by Crippen LogP contribution is -2.44. The van der Waals surface area contributed by atoms with Crippen LogP contribution >= 0.6 is 15.9 Å². The smallest absolute Gasteiger partial charge is 0.322 e. The highest BCUT2D eigenvalue weighted by Crippen LogP contribution is 2.27. The Morgan fingerprint density at radius 2 is 1.81 bits per heavy atom. The van der Waals surface area contributed by atoms with Gasteiger partial charge in [-0.05, 0) is 23.8 Å². The minimum atomic E-state index is -4.48. The number of aliphatic carboxylic acids is 1. The molecule has 0 bridgehead atoms. The first kappa shape index (κ1) is 20.7. The summed E-state index contributed by atoms with van der Waals surface area (Å²) in [6.45, 7) is 3.59. The average molecular weight is 455 g/mol. The van der Waals surface area contributed by atoms with E-state index in [0.717, 1.165) is 16.6 Å². The highest BCUT2D eigenvalue weighted by molar-refractivity contribution is 9.10. The summed E-state index contributed by atoms with van der Waals surface area (Å²) in [6.07, 6.45) is 1.31. The molecule has 0 radical (unpaired) electrons. The maximum atomic E-state index is 12.7. The van der Waals surface area contributed by atoms with Gasteiger partial charge >= 0.3 is 5.97 Å². The Kier molecular flexibility index (Phi) is 6.47. The van der Waals surface area contributed by atoms with Crippen molar-refractivity contribution in [2.75, 3.05) is 0 Å². The number of nitrogens with one attached hydrogen (secondary N) is 1. The Morgan fingerprint density at radius 1 is 1.22 bits per heavy atom. The van der Waals surface area contributed by atoms with Gasteiger partial charge in [-0.15, -0.1) is 6.58 Å². The van der Waals surface area contributed by atoms with E-state index in [1.807, 2.05) is 0 Å². The molecule has 0 fully saturated rings. The van der Waals surface area contributed by atoms with Gasteiger partial charge in [0.1, 0.15) is 6.04 Å². The number of sulfonamides is 1. The van der Waals surface area contributed by atoms with Crippen LogP contribution in [0.15, 0.2) is 70.6 Å². The van der Waals surface area contributed by atoms with Crippen molar-refractivity contribution in [1.29, 1.82) is 0 Å². The van der Waals surface area contributed by atoms with Crippen molar-refractivity contribution in [3.63, 3.8) is 0 Å². The van der Waals surface area contributed by atoms with Crippen LogP contribution in [0.2, 0.25) is 0 Å². The number of hydrogen-bond acceptors (Lipinski definition) is 5. The van der Waals surface area contributed by atoms with E-state index in [0.29, 0.717) is 5.56 Å². The maximum absolute atomic E-state index is 12.7. The molecule has 0 heterocycles. The van der Waals surface area contributed by atoms with Gasteiger partial charge in [-0.3, -0.25) is 14.9 Å². The molecule has 8 nitrogen and oxygen atoms in total. The molecule has 0 saturated heterocycles. The number of para-hydroxylation sites is 1. The average Bonchev–Trinajstić information content (AvgIpc) is 2.62. The summed E-state index contributed by atoms with van der Waals surface area (Å²) in [5.74, 6) is -2.34. The van der Waals surface area contributed by atoms with Crippen molar-refractivity contribution in [2.24, 2.45) is 0 Å². The molecule has 0 aromatic heterocycles. The fourth-order valence-electron chi connectivity index (χ4n) is 2.49. The standard InChI is InChI=1S/C17H15BrN2O6S/c1-2-13(11-7-9-12(18)10-8-11)16(17(21)22)19-27(25,26)15-6-4-3-5-14(15)20(23)24/h2-10,13,16,19H,1H2,(H,21,22)/t13-,16-/m0/s1. The maximum Gasteiger partial charge on any atom is 0.322 e. The normalized spacial score (nSPS) is 13.5. The third-order valence-corrected chi connectivity index (χ3v) is 5.78. The molecule has 2 aromatic rings. The second kappa shape index (κ2) is 8.42. The van der Waals surface area contributed by atoms with Crippen LogP contribution in [0.1, 0.15) is 11.5 Å². The lowest BCUT2D eigenvalue weighted by molar-refractivity contribution is -0.387. The van der Waals surface area contributed by atoms with Gasteiger partial charge < -0.3 is 5.11 Å². The molecule has 27 heavy (non-hydrogen) atoms. The molecular formula is C17H15BrN2O6S. The van der Waals surface area contributed by atoms with Gasteiger partial charge in [-0.2, -0.15) is 4.72 Å². The zero-order chi connectivity index (χ0) is 20.2. The number of nitro benzene ring substituents is 1. The quantitative estimate of drug-likeness (QED) is 0.358. The first-order valence-electron chi connectivity index (χ1n) is 7.54. The van der Waals surface area contributed by atoms with Crippen LogP contribution in [0, 0.1) is 10.1 Å². The fourth-order valence-corrected chi connectivity index (χ4v) is 4.14. The Hall–Kier alpha value is -2.56. The molecule has 2 rings (SSSR count). The Labute approximate surface area is 163 Å². The number of halogens is 1. The van der Waals surface area contributed by atoms with Gasteiger partial charge in [0.15, 0.2) is 4.90 Å². The lowest BCUT2D eigenvalue weighted by Gasteiger charge is -2.22. The van der Waals surface area contributed by atoms with Crippen molar-refractivity contribution in [3.05, 3.63) is 81.3 Å². The summed E-state index contributed by atoms with van der Waals surface area (Å²) in [7, 11) is -4.48. The fraction of sp³-hybridized carbons (Fsp3) is 0.118. The second-order valence-electron chi connectivity index (χ2n) is 5.48. The number of carboxylic acid groups (broad SMARTS) is 1. The topological polar surface area (TPSA) is 127 Å². The highest BCUT2D eigenvalue weighted by Gasteiger charge is 2.34. The monoisotopic (exact) mass is 454 g/mol. The summed E-state index contributed by atoms with van der Waals surface area (Å²) >= 11 is 3.27. The van der Waals surface area contributed by atoms with Crippen molar-refractivity contribution in [2.45, 2.75) is 16.9 Å². The van der Waals surface area contributed by atoms with E-state index in [4.69, 9.17) is 0 Å². The predicted octanol–water partition coefficient (Wildman–Crippen LogP) is 3.06. The molecule has 2 aromatic carbocycles. The van der Waals surface area contributed by atoms with Crippen molar-refractivity contribution in [3.8, 4) is 0 Å². The van der Waals surface area contributed by atoms with Crippen LogP contribution in [0.4, 0.5) is 5.69 Å². The third-order valence-electron chi connectivity index (χ3n) is 3.77. The molecule has 0 aliphatic carbocycles. The van der Waals surface area contributed by atoms with Gasteiger partial charge in [-0.25, -0.2) is 8.42 Å². The van der Waals surface area contributed by atoms with Gasteiger partial charge in [0.25, 0.3) is 5.69 Å². The Balaban J connectivity index is 2.46. The summed E-state index contributed by atoms with van der Waals surface area (Å²) in [5.41, 5.74) is -0.126. The van der Waals surface area contributed by atoms with Gasteiger partial charge in [0, 0.05) is 16.5 Å². The van der Waals surface area contributed by atoms with E-state index >= 15 is 0 Å². The molecule has 0 aliphatic heterocycles. The number of hydrogen-bond donors (Lipinski definition) is 2. The number of nitro groups is 1. The molecule has 142 valence electrons. The second-order valence-corrected chi connectivity index (χ2v) is 8.07. The summed E-state index contributed by atoms with van der Waals surface area (Å²) in [4.78, 5) is 21.4. The SMILES string of the molecule is C=C[C@@H](c1ccc(Br)cc1)[C@H](NS(=O)(=O)c1ccccc1[N+](=O)[O-])C(=O)O. The number of carbonyl (C=O) groups is 1. The lowest BCUT2D eigenvalue weighted by atomic mass is 9.92. The van der Waals surface area contributed by atoms with Gasteiger partial charge in [0.2, 0.25) is 10.0 Å². The van der Waals surface area contributed by atoms with E-state index in [1.165, 1.54) is 18.2 Å². The summed E-state index contributed by atoms with van der Waals surface area (Å²) in [5, 5.41) is 20.7. The van der Waals surface area contributed by atoms with Crippen LogP contribution in [-0.2, 0) is 14.8 Å². The molecule has 0 amide bonds. The van der Waals surface area contributed by atoms with Crippen LogP contribution in [0.3, 0.4) is 0 Å². The first-order chi connectivity index (χ1) is 12.7. The van der Waals surface area contributed by atoms with Gasteiger partial charge in [0.05, 0.1) is 4.92 Å². The predicted molar refractivity (Wildman–Crippen MR) is 102 cm³/mol. The molecule has 0 spiro atoms. The third kappa shape index (κ3) is 4.79. The number of nitrogens with zero attached hydrogens (tertiary/aromatic N) is 1. The van der Waals surface area contributed by atoms with Gasteiger partial charge in [-0.1, -0.05) is 46.3 Å². The van der Waals surface area contributed by atoms with Crippen molar-refractivity contribution < 1.29 is 23.2 Å². The van der Waals surface area contributed by atoms with Crippen LogP contribution in [-0.4, -0.2) is 30.5 Å². The Bertz CT molecular complexity index is 975. The number of rotatable bonds is 8. The summed E-state index contributed by atoms with van der Waals surface area (Å²) in [6, 6.07) is 9.73. The van der Waals surface area contributed by atoms with E-state index < -0.39 is 43.5 Å². The zero-order valence-corrected chi connectivity index (χ0v) is 16.2. The molecule has 0 saturated carbocycles. The largest absolute Gasteiger partial charge is 0.480 e. The van der Waals surface area contributed by atoms with E-state index in [-0.39, 0.29) is 0 Å². The molecular weight excluding hydrogens is 440 g/mol. The van der Waals surface area contributed by atoms with E-state index in [1.54, 1.807) is 24.3 Å². The van der Waals surface area contributed by atoms with E-state index in [9.17, 15) is 28.4 Å². The summed E-state index contributed by atoms with van der Waals surface area (Å²) < 4.78 is 28.1. The van der Waals surface area contributed by atoms with E-state index in [2.05, 4.69) is 27.2 Å². The first-order valence-corrected chi connectivity index (χ1v) is 9.81. The van der Waals surface area contributed by atoms with Crippen LogP contribution < -0.4 is 4.72 Å². The zero-order valence-electron chi connectivity index (χ0n) is 13.8. The molecule has 2 N–H and O–H groups in total. The molecule has 0 aliphatic rings. The van der Waals surface area contributed by atoms with Crippen molar-refractivity contribution >= 4 is 37.6 Å². The molecule has 0 unspecified atom stereocenters. The number of benzene rings is 2. The Morgan fingerprint density at radius 3 is 2.33 bits per heavy atom. The molecule has 10 heteroatoms.